The average molecular weight is 280 g/mol. The highest BCUT2D eigenvalue weighted by Gasteiger charge is 2.22. The van der Waals surface area contributed by atoms with Gasteiger partial charge in [-0.3, -0.25) is 0 Å². The van der Waals surface area contributed by atoms with Gasteiger partial charge in [0.25, 0.3) is 0 Å². The molecule has 0 heterocycles. The maximum absolute atomic E-state index is 11.4. The minimum atomic E-state index is -0.140. The molecule has 0 atom stereocenters. The number of hydrogen-bond donors (Lipinski definition) is 2. The maximum atomic E-state index is 11.4. The summed E-state index contributed by atoms with van der Waals surface area (Å²) in [6.45, 7) is 0.826. The topological polar surface area (TPSA) is 68.8 Å². The van der Waals surface area contributed by atoms with Crippen molar-refractivity contribution in [3.63, 3.8) is 0 Å². The number of benzene rings is 1. The first-order valence-electron chi connectivity index (χ1n) is 6.61. The van der Waals surface area contributed by atoms with E-state index >= 15 is 0 Å². The Hall–Kier alpha value is -2.11. The van der Waals surface area contributed by atoms with E-state index in [1.54, 1.807) is 32.4 Å². The molecule has 0 aliphatic heterocycles. The molecule has 1 aromatic carbocycles. The normalized spacial score (nSPS) is 13.5. The number of amides is 2. The Kier molecular flexibility index (Phi) is 4.92. The molecule has 2 amide bonds. The molecular weight excluding hydrogens is 260 g/mol. The first kappa shape index (κ1) is 14.3. The van der Waals surface area contributed by atoms with Crippen LogP contribution in [0.25, 0.3) is 0 Å². The van der Waals surface area contributed by atoms with Gasteiger partial charge in [-0.1, -0.05) is 0 Å². The molecule has 1 aliphatic carbocycles. The summed E-state index contributed by atoms with van der Waals surface area (Å²) in [4.78, 5) is 11.4. The Balaban J connectivity index is 1.73. The summed E-state index contributed by atoms with van der Waals surface area (Å²) in [5, 5.41) is 5.59. The standard InChI is InChI=1S/C14H20N2O4/c1-18-11-7-12(19-2)9-13(8-11)20-6-5-15-14(17)16-10-3-4-10/h7-10H,3-6H2,1-2H3,(H2,15,16,17). The van der Waals surface area contributed by atoms with Gasteiger partial charge < -0.3 is 24.8 Å². The second kappa shape index (κ2) is 6.88. The largest absolute Gasteiger partial charge is 0.496 e. The third-order valence-corrected chi connectivity index (χ3v) is 2.89. The Morgan fingerprint density at radius 3 is 2.30 bits per heavy atom. The lowest BCUT2D eigenvalue weighted by Crippen LogP contribution is -2.38. The van der Waals surface area contributed by atoms with Crippen LogP contribution in [-0.4, -0.2) is 39.4 Å². The second-order valence-electron chi connectivity index (χ2n) is 4.57. The van der Waals surface area contributed by atoms with Gasteiger partial charge in [0.15, 0.2) is 0 Å². The molecule has 0 unspecified atom stereocenters. The summed E-state index contributed by atoms with van der Waals surface area (Å²) in [7, 11) is 3.17. The van der Waals surface area contributed by atoms with E-state index < -0.39 is 0 Å². The zero-order valence-electron chi connectivity index (χ0n) is 11.8. The predicted molar refractivity (Wildman–Crippen MR) is 74.6 cm³/mol. The van der Waals surface area contributed by atoms with E-state index in [0.717, 1.165) is 12.8 Å². The van der Waals surface area contributed by atoms with Crippen molar-refractivity contribution in [2.45, 2.75) is 18.9 Å². The van der Waals surface area contributed by atoms with E-state index in [2.05, 4.69) is 10.6 Å². The van der Waals surface area contributed by atoms with Gasteiger partial charge in [0.1, 0.15) is 23.9 Å². The van der Waals surface area contributed by atoms with Gasteiger partial charge in [0, 0.05) is 24.2 Å². The lowest BCUT2D eigenvalue weighted by atomic mass is 10.3. The highest BCUT2D eigenvalue weighted by molar-refractivity contribution is 5.74. The Labute approximate surface area is 118 Å². The summed E-state index contributed by atoms with van der Waals surface area (Å²) in [5.41, 5.74) is 0. The van der Waals surface area contributed by atoms with Gasteiger partial charge in [-0.05, 0) is 12.8 Å². The molecule has 20 heavy (non-hydrogen) atoms. The van der Waals surface area contributed by atoms with E-state index in [4.69, 9.17) is 14.2 Å². The van der Waals surface area contributed by atoms with Gasteiger partial charge >= 0.3 is 6.03 Å². The molecule has 2 rings (SSSR count). The Morgan fingerprint density at radius 1 is 1.15 bits per heavy atom. The SMILES string of the molecule is COc1cc(OC)cc(OCCNC(=O)NC2CC2)c1. The van der Waals surface area contributed by atoms with Crippen molar-refractivity contribution < 1.29 is 19.0 Å². The maximum Gasteiger partial charge on any atom is 0.315 e. The van der Waals surface area contributed by atoms with Gasteiger partial charge in [-0.15, -0.1) is 0 Å². The lowest BCUT2D eigenvalue weighted by Gasteiger charge is -2.11. The predicted octanol–water partition coefficient (Wildman–Crippen LogP) is 1.54. The quantitative estimate of drug-likeness (QED) is 0.743. The molecule has 2 N–H and O–H groups in total. The van der Waals surface area contributed by atoms with Crippen LogP contribution in [0.3, 0.4) is 0 Å². The van der Waals surface area contributed by atoms with Crippen LogP contribution in [0.4, 0.5) is 4.79 Å². The molecule has 0 spiro atoms. The van der Waals surface area contributed by atoms with E-state index in [-0.39, 0.29) is 6.03 Å². The number of nitrogens with one attached hydrogen (secondary N) is 2. The molecule has 1 fully saturated rings. The number of urea groups is 1. The van der Waals surface area contributed by atoms with E-state index in [1.165, 1.54) is 0 Å². The van der Waals surface area contributed by atoms with Gasteiger partial charge in [0.2, 0.25) is 0 Å². The molecule has 0 radical (unpaired) electrons. The van der Waals surface area contributed by atoms with Crippen molar-refractivity contribution >= 4 is 6.03 Å². The van der Waals surface area contributed by atoms with Crippen molar-refractivity contribution in [2.24, 2.45) is 0 Å². The van der Waals surface area contributed by atoms with Gasteiger partial charge in [-0.2, -0.15) is 0 Å². The van der Waals surface area contributed by atoms with E-state index in [1.807, 2.05) is 0 Å². The zero-order chi connectivity index (χ0) is 14.4. The minimum absolute atomic E-state index is 0.140. The van der Waals surface area contributed by atoms with Crippen LogP contribution in [0.1, 0.15) is 12.8 Å². The molecule has 0 bridgehead atoms. The van der Waals surface area contributed by atoms with Crippen LogP contribution in [0, 0.1) is 0 Å². The molecule has 110 valence electrons. The third kappa shape index (κ3) is 4.53. The van der Waals surface area contributed by atoms with E-state index in [0.29, 0.717) is 36.4 Å². The van der Waals surface area contributed by atoms with Crippen LogP contribution in [0.15, 0.2) is 18.2 Å². The van der Waals surface area contributed by atoms with Crippen molar-refractivity contribution in [1.29, 1.82) is 0 Å². The number of methoxy groups -OCH3 is 2. The number of ether oxygens (including phenoxy) is 3. The van der Waals surface area contributed by atoms with Crippen molar-refractivity contribution in [2.75, 3.05) is 27.4 Å². The van der Waals surface area contributed by atoms with Crippen molar-refractivity contribution in [3.8, 4) is 17.2 Å². The van der Waals surface area contributed by atoms with E-state index in [9.17, 15) is 4.79 Å². The van der Waals surface area contributed by atoms with Crippen LogP contribution < -0.4 is 24.8 Å². The van der Waals surface area contributed by atoms with Crippen molar-refractivity contribution in [1.82, 2.24) is 10.6 Å². The summed E-state index contributed by atoms with van der Waals surface area (Å²) in [5.74, 6) is 1.98. The third-order valence-electron chi connectivity index (χ3n) is 2.89. The summed E-state index contributed by atoms with van der Waals surface area (Å²) in [6.07, 6.45) is 2.15. The Morgan fingerprint density at radius 2 is 1.75 bits per heavy atom. The molecule has 6 heteroatoms. The summed E-state index contributed by atoms with van der Waals surface area (Å²) in [6, 6.07) is 5.53. The fourth-order valence-corrected chi connectivity index (χ4v) is 1.66. The van der Waals surface area contributed by atoms with Crippen LogP contribution in [0.5, 0.6) is 17.2 Å². The summed E-state index contributed by atoms with van der Waals surface area (Å²) >= 11 is 0. The van der Waals surface area contributed by atoms with Gasteiger partial charge in [0.05, 0.1) is 20.8 Å². The molecule has 6 nitrogen and oxygen atoms in total. The molecular formula is C14H20N2O4. The number of carbonyl (C=O) groups excluding carboxylic acids is 1. The molecule has 0 saturated heterocycles. The van der Waals surface area contributed by atoms with Crippen LogP contribution in [-0.2, 0) is 0 Å². The first-order chi connectivity index (χ1) is 9.71. The Bertz CT molecular complexity index is 438. The molecule has 1 saturated carbocycles. The fourth-order valence-electron chi connectivity index (χ4n) is 1.66. The highest BCUT2D eigenvalue weighted by atomic mass is 16.5. The molecule has 1 aliphatic rings. The fraction of sp³-hybridized carbons (Fsp3) is 0.500. The smallest absolute Gasteiger partial charge is 0.315 e. The number of rotatable bonds is 7. The molecule has 1 aromatic rings. The number of carbonyl (C=O) groups is 1. The monoisotopic (exact) mass is 280 g/mol. The average Bonchev–Trinajstić information content (AvgIpc) is 3.27. The lowest BCUT2D eigenvalue weighted by molar-refractivity contribution is 0.236. The van der Waals surface area contributed by atoms with Crippen LogP contribution in [0.2, 0.25) is 0 Å². The first-order valence-corrected chi connectivity index (χ1v) is 6.61. The number of hydrogen-bond acceptors (Lipinski definition) is 4. The van der Waals surface area contributed by atoms with Gasteiger partial charge in [-0.25, -0.2) is 4.79 Å². The minimum Gasteiger partial charge on any atom is -0.496 e. The van der Waals surface area contributed by atoms with Crippen molar-refractivity contribution in [3.05, 3.63) is 18.2 Å². The molecule has 0 aromatic heterocycles. The zero-order valence-corrected chi connectivity index (χ0v) is 11.8. The van der Waals surface area contributed by atoms with Crippen LogP contribution >= 0.6 is 0 Å². The summed E-state index contributed by atoms with van der Waals surface area (Å²) < 4.78 is 15.9. The highest BCUT2D eigenvalue weighted by Crippen LogP contribution is 2.27. The second-order valence-corrected chi connectivity index (χ2v) is 4.57.